The molecule has 1 aliphatic carbocycles. The molecule has 0 spiro atoms. The minimum absolute atomic E-state index is 0.234. The zero-order valence-corrected chi connectivity index (χ0v) is 35.6. The highest BCUT2D eigenvalue weighted by Gasteiger charge is 2.41. The zero-order valence-electron chi connectivity index (χ0n) is 35.6. The summed E-state index contributed by atoms with van der Waals surface area (Å²) in [5.41, 5.74) is 8.42. The summed E-state index contributed by atoms with van der Waals surface area (Å²) in [5, 5.41) is 10.6. The van der Waals surface area contributed by atoms with Gasteiger partial charge in [0.2, 0.25) is 0 Å². The van der Waals surface area contributed by atoms with Crippen molar-refractivity contribution in [2.75, 3.05) is 30.0 Å². The lowest BCUT2D eigenvalue weighted by Crippen LogP contribution is -2.48. The van der Waals surface area contributed by atoms with E-state index >= 15 is 4.79 Å². The average molecular weight is 833 g/mol. The largest absolute Gasteiger partial charge is 0.487 e. The topological polar surface area (TPSA) is 84.2 Å². The number of aromatic nitrogens is 2. The quantitative estimate of drug-likeness (QED) is 0.131. The second-order valence-electron chi connectivity index (χ2n) is 16.8. The Balaban J connectivity index is 0.945. The molecule has 9 nitrogen and oxygen atoms in total. The predicted molar refractivity (Wildman–Crippen MR) is 250 cm³/mol. The number of carbonyl (C=O) groups is 1. The Kier molecular flexibility index (Phi) is 11.2. The highest BCUT2D eigenvalue weighted by Crippen LogP contribution is 2.43. The SMILES string of the molecule is Cc1ccc2c(c1)N(c1ccc(NCCc3nccn3C(c3ccccc3)(c3ccccc3)c3ccccc3)cc1)C(=O)N(C1COc3ccccc3OC1)N=C2C1CCCCC1. The molecule has 2 aliphatic heterocycles. The second-order valence-corrected chi connectivity index (χ2v) is 16.8. The highest BCUT2D eigenvalue weighted by atomic mass is 16.5. The first-order chi connectivity index (χ1) is 31.1. The Morgan fingerprint density at radius 1 is 0.698 bits per heavy atom. The van der Waals surface area contributed by atoms with Crippen LogP contribution in [0.4, 0.5) is 21.9 Å². The molecular weight excluding hydrogens is 781 g/mol. The van der Waals surface area contributed by atoms with E-state index in [1.807, 2.05) is 47.5 Å². The summed E-state index contributed by atoms with van der Waals surface area (Å²) in [7, 11) is 0. The summed E-state index contributed by atoms with van der Waals surface area (Å²) in [6.45, 7) is 3.25. The van der Waals surface area contributed by atoms with Gasteiger partial charge in [-0.25, -0.2) is 14.8 Å². The maximum atomic E-state index is 15.2. The van der Waals surface area contributed by atoms with Gasteiger partial charge in [-0.2, -0.15) is 5.10 Å². The summed E-state index contributed by atoms with van der Waals surface area (Å²) in [5.74, 6) is 2.55. The normalized spacial score (nSPS) is 15.9. The van der Waals surface area contributed by atoms with Crippen molar-refractivity contribution in [3.05, 3.63) is 204 Å². The van der Waals surface area contributed by atoms with Gasteiger partial charge >= 0.3 is 6.03 Å². The van der Waals surface area contributed by atoms with E-state index in [4.69, 9.17) is 19.6 Å². The molecule has 0 atom stereocenters. The Bertz CT molecular complexity index is 2570. The number of hydrogen-bond donors (Lipinski definition) is 1. The molecule has 1 aromatic heterocycles. The molecule has 6 aromatic carbocycles. The molecule has 10 rings (SSSR count). The number of amides is 2. The van der Waals surface area contributed by atoms with Gasteiger partial charge in [-0.1, -0.05) is 135 Å². The average Bonchev–Trinajstić information content (AvgIpc) is 3.64. The van der Waals surface area contributed by atoms with Gasteiger partial charge in [0.15, 0.2) is 11.5 Å². The molecule has 7 aromatic rings. The fourth-order valence-corrected chi connectivity index (χ4v) is 9.70. The minimum Gasteiger partial charge on any atom is -0.487 e. The van der Waals surface area contributed by atoms with Crippen molar-refractivity contribution in [2.45, 2.75) is 57.0 Å². The monoisotopic (exact) mass is 832 g/mol. The lowest BCUT2D eigenvalue weighted by Gasteiger charge is -2.38. The Morgan fingerprint density at radius 3 is 1.89 bits per heavy atom. The summed E-state index contributed by atoms with van der Waals surface area (Å²) in [4.78, 5) is 21.9. The first-order valence-electron chi connectivity index (χ1n) is 22.3. The van der Waals surface area contributed by atoms with Crippen LogP contribution in [0.1, 0.15) is 65.7 Å². The van der Waals surface area contributed by atoms with Gasteiger partial charge in [0, 0.05) is 42.5 Å². The number of nitrogens with one attached hydrogen (secondary N) is 1. The highest BCUT2D eigenvalue weighted by molar-refractivity contribution is 6.14. The van der Waals surface area contributed by atoms with E-state index in [9.17, 15) is 0 Å². The molecule has 0 bridgehead atoms. The van der Waals surface area contributed by atoms with E-state index < -0.39 is 11.6 Å². The summed E-state index contributed by atoms with van der Waals surface area (Å²) in [6.07, 6.45) is 10.3. The third-order valence-corrected chi connectivity index (χ3v) is 12.8. The van der Waals surface area contributed by atoms with E-state index in [0.717, 1.165) is 82.1 Å². The van der Waals surface area contributed by atoms with E-state index in [-0.39, 0.29) is 25.2 Å². The van der Waals surface area contributed by atoms with E-state index in [0.29, 0.717) is 24.5 Å². The Morgan fingerprint density at radius 2 is 1.29 bits per heavy atom. The molecule has 1 saturated carbocycles. The minimum atomic E-state index is -0.640. The maximum Gasteiger partial charge on any atom is 0.350 e. The van der Waals surface area contributed by atoms with Crippen LogP contribution in [0.15, 0.2) is 175 Å². The van der Waals surface area contributed by atoms with Gasteiger partial charge < -0.3 is 19.4 Å². The van der Waals surface area contributed by atoms with Gasteiger partial charge in [-0.15, -0.1) is 0 Å². The van der Waals surface area contributed by atoms with Crippen molar-refractivity contribution >= 4 is 28.8 Å². The number of aryl methyl sites for hydroxylation is 1. The summed E-state index contributed by atoms with van der Waals surface area (Å²) < 4.78 is 14.9. The number of nitrogens with zero attached hydrogens (tertiary/aromatic N) is 5. The maximum absolute atomic E-state index is 15.2. The lowest BCUT2D eigenvalue weighted by molar-refractivity contribution is 0.130. The number of para-hydroxylation sites is 2. The summed E-state index contributed by atoms with van der Waals surface area (Å²) >= 11 is 0. The number of benzene rings is 6. The van der Waals surface area contributed by atoms with Crippen molar-refractivity contribution in [3.8, 4) is 11.5 Å². The molecule has 316 valence electrons. The Hall–Kier alpha value is -7.13. The molecule has 63 heavy (non-hydrogen) atoms. The van der Waals surface area contributed by atoms with E-state index in [1.165, 1.54) is 6.42 Å². The van der Waals surface area contributed by atoms with Crippen LogP contribution in [0.25, 0.3) is 0 Å². The molecule has 1 fully saturated rings. The molecular formula is C54H52N6O3. The molecule has 0 radical (unpaired) electrons. The van der Waals surface area contributed by atoms with Crippen LogP contribution in [0.3, 0.4) is 0 Å². The third kappa shape index (κ3) is 7.73. The summed E-state index contributed by atoms with van der Waals surface area (Å²) in [6, 6.07) is 53.6. The first kappa shape index (κ1) is 40.0. The molecule has 3 heterocycles. The van der Waals surface area contributed by atoms with Crippen LogP contribution in [0.5, 0.6) is 11.5 Å². The number of hydrazone groups is 1. The third-order valence-electron chi connectivity index (χ3n) is 12.8. The molecule has 9 heteroatoms. The van der Waals surface area contributed by atoms with E-state index in [1.54, 1.807) is 5.01 Å². The number of imidazole rings is 1. The number of anilines is 3. The number of hydrogen-bond acceptors (Lipinski definition) is 6. The molecule has 0 unspecified atom stereocenters. The first-order valence-corrected chi connectivity index (χ1v) is 22.3. The van der Waals surface area contributed by atoms with Crippen molar-refractivity contribution in [2.24, 2.45) is 11.0 Å². The molecule has 2 amide bonds. The smallest absolute Gasteiger partial charge is 0.350 e. The van der Waals surface area contributed by atoms with Crippen molar-refractivity contribution in [1.82, 2.24) is 14.6 Å². The number of urea groups is 1. The van der Waals surface area contributed by atoms with Crippen LogP contribution in [-0.4, -0.2) is 52.1 Å². The van der Waals surface area contributed by atoms with Crippen LogP contribution < -0.4 is 19.7 Å². The lowest BCUT2D eigenvalue weighted by atomic mass is 9.76. The molecule has 0 saturated heterocycles. The van der Waals surface area contributed by atoms with Gasteiger partial charge in [0.05, 0.1) is 17.1 Å². The van der Waals surface area contributed by atoms with Crippen molar-refractivity contribution in [3.63, 3.8) is 0 Å². The van der Waals surface area contributed by atoms with Gasteiger partial charge in [-0.05, 0) is 84.5 Å². The van der Waals surface area contributed by atoms with Crippen LogP contribution in [0, 0.1) is 12.8 Å². The fraction of sp³-hybridized carbons (Fsp3) is 0.241. The molecule has 1 N–H and O–H groups in total. The van der Waals surface area contributed by atoms with Crippen molar-refractivity contribution in [1.29, 1.82) is 0 Å². The fourth-order valence-electron chi connectivity index (χ4n) is 9.70. The van der Waals surface area contributed by atoms with Crippen LogP contribution in [-0.2, 0) is 12.0 Å². The molecule has 3 aliphatic rings. The standard InChI is InChI=1S/C54H52N6O3/c1-39-26-31-47-48(36-39)59(53(61)60(57-52(47)40-16-6-2-7-17-40)46-37-62-49-24-14-15-25-50(49)63-38-46)45-29-27-44(28-30-45)55-33-32-51-56-34-35-58(51)54(41-18-8-3-9-19-41,42-20-10-4-11-21-42)43-22-12-5-13-23-43/h3-5,8-15,18-31,34-36,40,46,55H,2,6-7,16-17,32-33,37-38H2,1H3. The van der Waals surface area contributed by atoms with Crippen LogP contribution in [0.2, 0.25) is 0 Å². The predicted octanol–water partition coefficient (Wildman–Crippen LogP) is 11.4. The van der Waals surface area contributed by atoms with Gasteiger partial charge in [0.1, 0.15) is 30.6 Å². The Labute approximate surface area is 369 Å². The number of fused-ring (bicyclic) bond motifs is 2. The number of ether oxygens (including phenoxy) is 2. The van der Waals surface area contributed by atoms with Gasteiger partial charge in [0.25, 0.3) is 0 Å². The van der Waals surface area contributed by atoms with E-state index in [2.05, 4.69) is 144 Å². The number of carbonyl (C=O) groups excluding carboxylic acids is 1. The van der Waals surface area contributed by atoms with Crippen LogP contribution >= 0.6 is 0 Å². The zero-order chi connectivity index (χ0) is 42.6. The number of rotatable bonds is 11. The van der Waals surface area contributed by atoms with Crippen molar-refractivity contribution < 1.29 is 14.3 Å². The van der Waals surface area contributed by atoms with Gasteiger partial charge in [-0.3, -0.25) is 4.90 Å². The second kappa shape index (κ2) is 17.7.